The molecular weight excluding hydrogens is 322 g/mol. The van der Waals surface area contributed by atoms with Crippen molar-refractivity contribution >= 4 is 33.1 Å². The van der Waals surface area contributed by atoms with Gasteiger partial charge in [-0.25, -0.2) is 19.9 Å². The minimum Gasteiger partial charge on any atom is -0.481 e. The lowest BCUT2D eigenvalue weighted by Crippen LogP contribution is -1.93. The molecule has 1 N–H and O–H groups in total. The predicted molar refractivity (Wildman–Crippen MR) is 94.7 cm³/mol. The Bertz CT molecular complexity index is 984. The summed E-state index contributed by atoms with van der Waals surface area (Å²) in [4.78, 5) is 17.7. The van der Waals surface area contributed by atoms with Gasteiger partial charge < -0.3 is 10.1 Å². The Morgan fingerprint density at radius 2 is 1.92 bits per heavy atom. The van der Waals surface area contributed by atoms with E-state index in [0.29, 0.717) is 11.7 Å². The molecule has 0 unspecified atom stereocenters. The zero-order valence-corrected chi connectivity index (χ0v) is 13.6. The fraction of sp³-hybridized carbons (Fsp3) is 0.0588. The van der Waals surface area contributed by atoms with Crippen LogP contribution in [0.1, 0.15) is 0 Å². The molecule has 3 aromatic heterocycles. The normalized spacial score (nSPS) is 10.7. The molecule has 0 bridgehead atoms. The van der Waals surface area contributed by atoms with Crippen molar-refractivity contribution in [3.05, 3.63) is 54.2 Å². The van der Waals surface area contributed by atoms with Crippen LogP contribution in [0.3, 0.4) is 0 Å². The quantitative estimate of drug-likeness (QED) is 0.610. The third kappa shape index (κ3) is 2.89. The van der Waals surface area contributed by atoms with Crippen molar-refractivity contribution in [2.24, 2.45) is 0 Å². The molecule has 1 aromatic carbocycles. The lowest BCUT2D eigenvalue weighted by atomic mass is 10.2. The molecule has 0 radical (unpaired) electrons. The highest BCUT2D eigenvalue weighted by Crippen LogP contribution is 2.26. The summed E-state index contributed by atoms with van der Waals surface area (Å²) in [6.45, 7) is 0. The van der Waals surface area contributed by atoms with Gasteiger partial charge in [0, 0.05) is 23.0 Å². The Kier molecular flexibility index (Phi) is 3.76. The van der Waals surface area contributed by atoms with Crippen molar-refractivity contribution in [1.29, 1.82) is 0 Å². The smallest absolute Gasteiger partial charge is 0.213 e. The first kappa shape index (κ1) is 14.5. The number of nitrogens with one attached hydrogen (secondary N) is 1. The van der Waals surface area contributed by atoms with E-state index in [1.54, 1.807) is 19.4 Å². The van der Waals surface area contributed by atoms with Gasteiger partial charge in [-0.3, -0.25) is 0 Å². The number of nitrogens with zero attached hydrogens (tertiary/aromatic N) is 4. The van der Waals surface area contributed by atoms with E-state index in [-0.39, 0.29) is 0 Å². The minimum absolute atomic E-state index is 0.574. The molecule has 4 aromatic rings. The number of benzene rings is 1. The van der Waals surface area contributed by atoms with Crippen LogP contribution < -0.4 is 10.1 Å². The van der Waals surface area contributed by atoms with Gasteiger partial charge in [-0.2, -0.15) is 0 Å². The highest BCUT2D eigenvalue weighted by Gasteiger charge is 2.08. The van der Waals surface area contributed by atoms with Crippen molar-refractivity contribution in [1.82, 2.24) is 19.9 Å². The molecule has 0 spiro atoms. The SMILES string of the molecule is COc1ccc(Nc2nc(-c3ncc4ccccc4n3)cs2)cn1. The monoisotopic (exact) mass is 335 g/mol. The summed E-state index contributed by atoms with van der Waals surface area (Å²) in [5, 5.41) is 6.92. The van der Waals surface area contributed by atoms with E-state index >= 15 is 0 Å². The average molecular weight is 335 g/mol. The number of para-hydroxylation sites is 1. The first-order valence-electron chi connectivity index (χ1n) is 7.26. The summed E-state index contributed by atoms with van der Waals surface area (Å²) in [7, 11) is 1.59. The minimum atomic E-state index is 0.574. The van der Waals surface area contributed by atoms with Crippen LogP contribution >= 0.6 is 11.3 Å². The molecule has 0 aliphatic heterocycles. The molecule has 3 heterocycles. The molecule has 0 saturated heterocycles. The summed E-state index contributed by atoms with van der Waals surface area (Å²) in [6, 6.07) is 11.6. The Balaban J connectivity index is 1.58. The first-order chi connectivity index (χ1) is 11.8. The Hall–Kier alpha value is -3.06. The van der Waals surface area contributed by atoms with Gasteiger partial charge in [0.25, 0.3) is 0 Å². The number of anilines is 2. The van der Waals surface area contributed by atoms with Gasteiger partial charge in [-0.1, -0.05) is 18.2 Å². The molecule has 4 rings (SSSR count). The van der Waals surface area contributed by atoms with Gasteiger partial charge in [-0.15, -0.1) is 11.3 Å². The molecule has 0 amide bonds. The molecule has 0 atom stereocenters. The molecule has 24 heavy (non-hydrogen) atoms. The maximum atomic E-state index is 5.05. The third-order valence-corrected chi connectivity index (χ3v) is 4.18. The molecular formula is C17H13N5OS. The number of ether oxygens (including phenoxy) is 1. The van der Waals surface area contributed by atoms with Crippen molar-refractivity contribution in [2.75, 3.05) is 12.4 Å². The molecule has 0 saturated carbocycles. The number of methoxy groups -OCH3 is 1. The van der Waals surface area contributed by atoms with Gasteiger partial charge in [0.15, 0.2) is 11.0 Å². The van der Waals surface area contributed by atoms with Crippen LogP contribution in [0.2, 0.25) is 0 Å². The number of pyridine rings is 1. The fourth-order valence-corrected chi connectivity index (χ4v) is 2.94. The van der Waals surface area contributed by atoms with Crippen LogP contribution in [0.15, 0.2) is 54.2 Å². The van der Waals surface area contributed by atoms with E-state index in [1.165, 1.54) is 11.3 Å². The summed E-state index contributed by atoms with van der Waals surface area (Å²) in [5.74, 6) is 1.19. The van der Waals surface area contributed by atoms with E-state index in [4.69, 9.17) is 4.74 Å². The molecule has 7 heteroatoms. The average Bonchev–Trinajstić information content (AvgIpc) is 3.10. The number of hydrogen-bond donors (Lipinski definition) is 1. The van der Waals surface area contributed by atoms with Crippen LogP contribution in [-0.4, -0.2) is 27.0 Å². The first-order valence-corrected chi connectivity index (χ1v) is 8.14. The maximum Gasteiger partial charge on any atom is 0.213 e. The van der Waals surface area contributed by atoms with E-state index in [2.05, 4.69) is 25.3 Å². The predicted octanol–water partition coefficient (Wildman–Crippen LogP) is 3.90. The lowest BCUT2D eigenvalue weighted by Gasteiger charge is -2.03. The number of thiazole rings is 1. The Morgan fingerprint density at radius 1 is 1.00 bits per heavy atom. The van der Waals surface area contributed by atoms with E-state index in [9.17, 15) is 0 Å². The van der Waals surface area contributed by atoms with Gasteiger partial charge in [0.2, 0.25) is 5.88 Å². The third-order valence-electron chi connectivity index (χ3n) is 3.42. The standard InChI is InChI=1S/C17H13N5OS/c1-23-15-7-6-12(9-18-15)20-17-22-14(10-24-17)16-19-8-11-4-2-3-5-13(11)21-16/h2-10H,1H3,(H,20,22). The maximum absolute atomic E-state index is 5.05. The highest BCUT2D eigenvalue weighted by molar-refractivity contribution is 7.14. The van der Waals surface area contributed by atoms with Crippen molar-refractivity contribution in [2.45, 2.75) is 0 Å². The van der Waals surface area contributed by atoms with Gasteiger partial charge in [-0.05, 0) is 12.1 Å². The summed E-state index contributed by atoms with van der Waals surface area (Å²) in [5.41, 5.74) is 2.50. The van der Waals surface area contributed by atoms with Gasteiger partial charge >= 0.3 is 0 Å². The lowest BCUT2D eigenvalue weighted by molar-refractivity contribution is 0.398. The van der Waals surface area contributed by atoms with Crippen molar-refractivity contribution in [3.63, 3.8) is 0 Å². The second-order valence-corrected chi connectivity index (χ2v) is 5.86. The number of fused-ring (bicyclic) bond motifs is 1. The summed E-state index contributed by atoms with van der Waals surface area (Å²) < 4.78 is 5.05. The molecule has 6 nitrogen and oxygen atoms in total. The molecule has 118 valence electrons. The van der Waals surface area contributed by atoms with E-state index in [1.807, 2.05) is 41.9 Å². The van der Waals surface area contributed by atoms with Crippen molar-refractivity contribution < 1.29 is 4.74 Å². The zero-order chi connectivity index (χ0) is 16.4. The zero-order valence-electron chi connectivity index (χ0n) is 12.8. The van der Waals surface area contributed by atoms with Crippen LogP contribution in [0.5, 0.6) is 5.88 Å². The fourth-order valence-electron chi connectivity index (χ4n) is 2.23. The molecule has 0 fully saturated rings. The number of hydrogen-bond acceptors (Lipinski definition) is 7. The number of aromatic nitrogens is 4. The number of rotatable bonds is 4. The van der Waals surface area contributed by atoms with E-state index in [0.717, 1.165) is 27.4 Å². The second-order valence-electron chi connectivity index (χ2n) is 5.00. The highest BCUT2D eigenvalue weighted by atomic mass is 32.1. The molecule has 0 aliphatic rings. The van der Waals surface area contributed by atoms with E-state index < -0.39 is 0 Å². The summed E-state index contributed by atoms with van der Waals surface area (Å²) in [6.07, 6.45) is 3.52. The summed E-state index contributed by atoms with van der Waals surface area (Å²) >= 11 is 1.49. The largest absolute Gasteiger partial charge is 0.481 e. The van der Waals surface area contributed by atoms with Crippen molar-refractivity contribution in [3.8, 4) is 17.4 Å². The van der Waals surface area contributed by atoms with Crippen LogP contribution in [0, 0.1) is 0 Å². The van der Waals surface area contributed by atoms with Crippen LogP contribution in [0.4, 0.5) is 10.8 Å². The van der Waals surface area contributed by atoms with Gasteiger partial charge in [0.1, 0.15) is 5.69 Å². The van der Waals surface area contributed by atoms with Gasteiger partial charge in [0.05, 0.1) is 24.5 Å². The second kappa shape index (κ2) is 6.21. The topological polar surface area (TPSA) is 72.8 Å². The molecule has 0 aliphatic carbocycles. The Morgan fingerprint density at radius 3 is 2.75 bits per heavy atom. The van der Waals surface area contributed by atoms with Crippen LogP contribution in [-0.2, 0) is 0 Å². The Labute approximate surface area is 142 Å². The van der Waals surface area contributed by atoms with Crippen LogP contribution in [0.25, 0.3) is 22.4 Å².